The molecule has 1 rings (SSSR count). The van der Waals surface area contributed by atoms with Crippen molar-refractivity contribution in [2.75, 3.05) is 24.7 Å². The van der Waals surface area contributed by atoms with E-state index in [-0.39, 0.29) is 19.0 Å². The van der Waals surface area contributed by atoms with E-state index in [1.165, 1.54) is 0 Å². The van der Waals surface area contributed by atoms with Gasteiger partial charge in [0.25, 0.3) is 0 Å². The molecule has 0 aliphatic heterocycles. The molecule has 1 aromatic carbocycles. The molecular weight excluding hydrogens is 256 g/mol. The molecule has 0 saturated carbocycles. The van der Waals surface area contributed by atoms with Gasteiger partial charge in [0, 0.05) is 11.7 Å². The van der Waals surface area contributed by atoms with Gasteiger partial charge in [-0.25, -0.2) is 13.1 Å². The Labute approximate surface area is 107 Å². The van der Waals surface area contributed by atoms with Gasteiger partial charge >= 0.3 is 0 Å². The standard InChI is InChI=1S/C11H18N2O4S/c1-9(8-14)13-18(15,16)7-6-17-11-4-2-10(12)3-5-11/h2-5,9,13-14H,6-8,12H2,1H3/t9-/m0/s1. The van der Waals surface area contributed by atoms with Crippen LogP contribution in [0.3, 0.4) is 0 Å². The van der Waals surface area contributed by atoms with Crippen molar-refractivity contribution in [3.8, 4) is 5.75 Å². The van der Waals surface area contributed by atoms with E-state index >= 15 is 0 Å². The summed E-state index contributed by atoms with van der Waals surface area (Å²) >= 11 is 0. The van der Waals surface area contributed by atoms with Crippen molar-refractivity contribution in [1.82, 2.24) is 4.72 Å². The molecule has 18 heavy (non-hydrogen) atoms. The lowest BCUT2D eigenvalue weighted by Crippen LogP contribution is -2.37. The van der Waals surface area contributed by atoms with Crippen molar-refractivity contribution in [2.24, 2.45) is 0 Å². The van der Waals surface area contributed by atoms with Crippen LogP contribution >= 0.6 is 0 Å². The third-order valence-corrected chi connectivity index (χ3v) is 3.62. The van der Waals surface area contributed by atoms with Crippen molar-refractivity contribution in [1.29, 1.82) is 0 Å². The minimum absolute atomic E-state index is 0.0391. The molecule has 6 nitrogen and oxygen atoms in total. The molecule has 0 radical (unpaired) electrons. The lowest BCUT2D eigenvalue weighted by molar-refractivity contribution is 0.264. The van der Waals surface area contributed by atoms with Gasteiger partial charge in [-0.1, -0.05) is 0 Å². The number of hydrogen-bond acceptors (Lipinski definition) is 5. The van der Waals surface area contributed by atoms with Gasteiger partial charge in [0.05, 0.1) is 12.4 Å². The molecule has 0 aliphatic carbocycles. The second-order valence-corrected chi connectivity index (χ2v) is 5.81. The summed E-state index contributed by atoms with van der Waals surface area (Å²) in [6.07, 6.45) is 0. The largest absolute Gasteiger partial charge is 0.492 e. The zero-order chi connectivity index (χ0) is 13.6. The predicted octanol–water partition coefficient (Wildman–Crippen LogP) is -0.0522. The summed E-state index contributed by atoms with van der Waals surface area (Å²) in [7, 11) is -3.43. The van der Waals surface area contributed by atoms with Crippen molar-refractivity contribution in [3.05, 3.63) is 24.3 Å². The molecule has 7 heteroatoms. The average molecular weight is 274 g/mol. The fourth-order valence-electron chi connectivity index (χ4n) is 1.24. The molecule has 0 fully saturated rings. The lowest BCUT2D eigenvalue weighted by atomic mass is 10.3. The Balaban J connectivity index is 2.39. The van der Waals surface area contributed by atoms with Crippen LogP contribution < -0.4 is 15.2 Å². The van der Waals surface area contributed by atoms with E-state index in [0.717, 1.165) is 0 Å². The van der Waals surface area contributed by atoms with Crippen molar-refractivity contribution in [2.45, 2.75) is 13.0 Å². The number of hydrogen-bond donors (Lipinski definition) is 3. The van der Waals surface area contributed by atoms with Crippen LogP contribution in [0.4, 0.5) is 5.69 Å². The molecule has 0 heterocycles. The fourth-order valence-corrected chi connectivity index (χ4v) is 2.34. The number of sulfonamides is 1. The molecule has 0 unspecified atom stereocenters. The zero-order valence-electron chi connectivity index (χ0n) is 10.2. The van der Waals surface area contributed by atoms with E-state index in [1.807, 2.05) is 0 Å². The molecular formula is C11H18N2O4S. The first-order valence-corrected chi connectivity index (χ1v) is 7.17. The third kappa shape index (κ3) is 5.35. The SMILES string of the molecule is C[C@@H](CO)NS(=O)(=O)CCOc1ccc(N)cc1. The molecule has 4 N–H and O–H groups in total. The Hall–Kier alpha value is -1.31. The Kier molecular flexibility index (Phi) is 5.39. The fraction of sp³-hybridized carbons (Fsp3) is 0.455. The van der Waals surface area contributed by atoms with E-state index in [0.29, 0.717) is 11.4 Å². The van der Waals surface area contributed by atoms with E-state index < -0.39 is 16.1 Å². The summed E-state index contributed by atoms with van der Waals surface area (Å²) in [6, 6.07) is 6.20. The number of anilines is 1. The summed E-state index contributed by atoms with van der Waals surface area (Å²) in [4.78, 5) is 0. The van der Waals surface area contributed by atoms with Crippen LogP contribution in [0.5, 0.6) is 5.75 Å². The molecule has 1 aromatic rings. The summed E-state index contributed by atoms with van der Waals surface area (Å²) in [5, 5.41) is 8.76. The summed E-state index contributed by atoms with van der Waals surface area (Å²) in [5.74, 6) is 0.399. The maximum Gasteiger partial charge on any atom is 0.215 e. The third-order valence-electron chi connectivity index (χ3n) is 2.16. The summed E-state index contributed by atoms with van der Waals surface area (Å²) < 4.78 is 30.6. The Morgan fingerprint density at radius 1 is 1.39 bits per heavy atom. The molecule has 1 atom stereocenters. The van der Waals surface area contributed by atoms with E-state index in [2.05, 4.69) is 4.72 Å². The van der Waals surface area contributed by atoms with Crippen LogP contribution in [0.25, 0.3) is 0 Å². The number of aliphatic hydroxyl groups is 1. The van der Waals surface area contributed by atoms with Crippen LogP contribution in [0.2, 0.25) is 0 Å². The smallest absolute Gasteiger partial charge is 0.215 e. The second kappa shape index (κ2) is 6.58. The topological polar surface area (TPSA) is 102 Å². The number of aliphatic hydroxyl groups excluding tert-OH is 1. The van der Waals surface area contributed by atoms with Gasteiger partial charge in [0.15, 0.2) is 0 Å². The van der Waals surface area contributed by atoms with Gasteiger partial charge in [-0.2, -0.15) is 0 Å². The van der Waals surface area contributed by atoms with Crippen LogP contribution in [0, 0.1) is 0 Å². The van der Waals surface area contributed by atoms with Gasteiger partial charge < -0.3 is 15.6 Å². The number of nitrogens with two attached hydrogens (primary N) is 1. The number of nitrogen functional groups attached to an aromatic ring is 1. The van der Waals surface area contributed by atoms with Crippen LogP contribution in [-0.4, -0.2) is 38.5 Å². The first-order chi connectivity index (χ1) is 8.43. The quantitative estimate of drug-likeness (QED) is 0.605. The number of benzene rings is 1. The van der Waals surface area contributed by atoms with Crippen LogP contribution in [-0.2, 0) is 10.0 Å². The molecule has 0 bridgehead atoms. The second-order valence-electron chi connectivity index (χ2n) is 3.94. The summed E-state index contributed by atoms with van der Waals surface area (Å²) in [6.45, 7) is 1.38. The lowest BCUT2D eigenvalue weighted by Gasteiger charge is -2.12. The minimum atomic E-state index is -3.43. The minimum Gasteiger partial charge on any atom is -0.492 e. The highest BCUT2D eigenvalue weighted by atomic mass is 32.2. The number of nitrogens with one attached hydrogen (secondary N) is 1. The monoisotopic (exact) mass is 274 g/mol. The average Bonchev–Trinajstić information content (AvgIpc) is 2.31. The van der Waals surface area contributed by atoms with E-state index in [1.54, 1.807) is 31.2 Å². The molecule has 0 saturated heterocycles. The van der Waals surface area contributed by atoms with Gasteiger partial charge in [0.1, 0.15) is 12.4 Å². The first kappa shape index (κ1) is 14.7. The first-order valence-electron chi connectivity index (χ1n) is 5.52. The zero-order valence-corrected chi connectivity index (χ0v) is 11.0. The van der Waals surface area contributed by atoms with Gasteiger partial charge in [-0.05, 0) is 31.2 Å². The molecule has 0 amide bonds. The van der Waals surface area contributed by atoms with Crippen molar-refractivity contribution >= 4 is 15.7 Å². The Morgan fingerprint density at radius 2 is 2.00 bits per heavy atom. The number of rotatable bonds is 7. The predicted molar refractivity (Wildman–Crippen MR) is 69.8 cm³/mol. The van der Waals surface area contributed by atoms with Gasteiger partial charge in [-0.3, -0.25) is 0 Å². The van der Waals surface area contributed by atoms with Gasteiger partial charge in [0.2, 0.25) is 10.0 Å². The Morgan fingerprint density at radius 3 is 2.56 bits per heavy atom. The highest BCUT2D eigenvalue weighted by molar-refractivity contribution is 7.89. The van der Waals surface area contributed by atoms with Crippen molar-refractivity contribution in [3.63, 3.8) is 0 Å². The Bertz CT molecular complexity index is 458. The van der Waals surface area contributed by atoms with Crippen LogP contribution in [0.15, 0.2) is 24.3 Å². The summed E-state index contributed by atoms with van der Waals surface area (Å²) in [5.41, 5.74) is 6.13. The van der Waals surface area contributed by atoms with Gasteiger partial charge in [-0.15, -0.1) is 0 Å². The molecule has 0 aromatic heterocycles. The van der Waals surface area contributed by atoms with Crippen LogP contribution in [0.1, 0.15) is 6.92 Å². The molecule has 102 valence electrons. The van der Waals surface area contributed by atoms with Crippen molar-refractivity contribution < 1.29 is 18.3 Å². The highest BCUT2D eigenvalue weighted by Gasteiger charge is 2.13. The molecule has 0 spiro atoms. The van der Waals surface area contributed by atoms with E-state index in [4.69, 9.17) is 15.6 Å². The normalized spacial score (nSPS) is 13.2. The maximum absolute atomic E-state index is 11.5. The molecule has 0 aliphatic rings. The van der Waals surface area contributed by atoms with E-state index in [9.17, 15) is 8.42 Å². The number of ether oxygens (including phenoxy) is 1. The maximum atomic E-state index is 11.5. The highest BCUT2D eigenvalue weighted by Crippen LogP contribution is 2.12.